The molecule has 0 saturated heterocycles. The zero-order valence-corrected chi connectivity index (χ0v) is 39.2. The normalized spacial score (nSPS) is 20.1. The van der Waals surface area contributed by atoms with Gasteiger partial charge in [0.1, 0.15) is 0 Å². The van der Waals surface area contributed by atoms with Gasteiger partial charge < -0.3 is 9.13 Å². The van der Waals surface area contributed by atoms with E-state index >= 15 is 0 Å². The smallest absolute Gasteiger partial charge is 0.0578 e. The van der Waals surface area contributed by atoms with Crippen molar-refractivity contribution in [1.29, 1.82) is 0 Å². The van der Waals surface area contributed by atoms with Crippen LogP contribution in [0.2, 0.25) is 0 Å². The second-order valence-corrected chi connectivity index (χ2v) is 20.0. The van der Waals surface area contributed by atoms with E-state index in [1.807, 2.05) is 0 Å². The Bertz CT molecular complexity index is 3750. The van der Waals surface area contributed by atoms with Crippen molar-refractivity contribution in [3.05, 3.63) is 215 Å². The molecule has 0 fully saturated rings. The van der Waals surface area contributed by atoms with E-state index in [0.717, 1.165) is 19.3 Å². The molecule has 3 aliphatic rings. The van der Waals surface area contributed by atoms with Gasteiger partial charge in [-0.3, -0.25) is 0 Å². The van der Waals surface area contributed by atoms with Gasteiger partial charge in [-0.05, 0) is 170 Å². The highest BCUT2D eigenvalue weighted by molar-refractivity contribution is 6.14. The maximum Gasteiger partial charge on any atom is 0.0578 e. The number of para-hydroxylation sites is 1. The van der Waals surface area contributed by atoms with Crippen LogP contribution < -0.4 is 0 Å². The van der Waals surface area contributed by atoms with Crippen LogP contribution in [-0.4, -0.2) is 9.13 Å². The number of benzene rings is 8. The maximum absolute atomic E-state index is 2.71. The van der Waals surface area contributed by atoms with E-state index in [9.17, 15) is 0 Å². The number of aryl methyl sites for hydroxylation is 1. The molecule has 2 aromatic heterocycles. The molecule has 3 aliphatic carbocycles. The fourth-order valence-corrected chi connectivity index (χ4v) is 12.8. The van der Waals surface area contributed by atoms with Crippen molar-refractivity contribution in [2.75, 3.05) is 0 Å². The highest BCUT2D eigenvalue weighted by atomic mass is 15.0. The van der Waals surface area contributed by atoms with Gasteiger partial charge in [0.25, 0.3) is 0 Å². The van der Waals surface area contributed by atoms with Crippen LogP contribution in [-0.2, 0) is 6.42 Å². The Morgan fingerprint density at radius 1 is 0.522 bits per heavy atom. The molecule has 0 amide bonds. The molecule has 2 nitrogen and oxygen atoms in total. The van der Waals surface area contributed by atoms with Crippen molar-refractivity contribution in [1.82, 2.24) is 9.13 Å². The Kier molecular flexibility index (Phi) is 9.26. The molecule has 0 saturated carbocycles. The first-order valence-electron chi connectivity index (χ1n) is 24.7. The molecule has 4 bridgehead atoms. The van der Waals surface area contributed by atoms with Gasteiger partial charge in [-0.25, -0.2) is 0 Å². The van der Waals surface area contributed by atoms with E-state index in [-0.39, 0.29) is 29.7 Å². The minimum absolute atomic E-state index is 0.232. The second kappa shape index (κ2) is 15.5. The molecule has 67 heavy (non-hydrogen) atoms. The van der Waals surface area contributed by atoms with Crippen LogP contribution >= 0.6 is 0 Å². The summed E-state index contributed by atoms with van der Waals surface area (Å²) in [6, 6.07) is 56.2. The quantitative estimate of drug-likeness (QED) is 0.167. The predicted molar refractivity (Wildman–Crippen MR) is 286 cm³/mol. The highest BCUT2D eigenvalue weighted by Gasteiger charge is 2.33. The zero-order chi connectivity index (χ0) is 45.1. The number of allylic oxidation sites excluding steroid dienone is 5. The summed E-state index contributed by atoms with van der Waals surface area (Å²) in [5.41, 5.74) is 21.8. The van der Waals surface area contributed by atoms with Crippen LogP contribution in [0.4, 0.5) is 0 Å². The summed E-state index contributed by atoms with van der Waals surface area (Å²) in [5.74, 6) is 0.984. The van der Waals surface area contributed by atoms with E-state index in [1.54, 1.807) is 0 Å². The summed E-state index contributed by atoms with van der Waals surface area (Å²) in [7, 11) is 0. The summed E-state index contributed by atoms with van der Waals surface area (Å²) in [4.78, 5) is 0. The van der Waals surface area contributed by atoms with Gasteiger partial charge in [-0.15, -0.1) is 0 Å². The summed E-state index contributed by atoms with van der Waals surface area (Å²) < 4.78 is 5.29. The number of nitrogens with zero attached hydrogens (tertiary/aromatic N) is 2. The molecular weight excluding hydrogens is 809 g/mol. The lowest BCUT2D eigenvalue weighted by molar-refractivity contribution is 0.587. The van der Waals surface area contributed by atoms with E-state index in [4.69, 9.17) is 0 Å². The topological polar surface area (TPSA) is 9.86 Å². The maximum atomic E-state index is 2.71. The van der Waals surface area contributed by atoms with Crippen LogP contribution in [0.1, 0.15) is 109 Å². The molecule has 8 aromatic carbocycles. The van der Waals surface area contributed by atoms with Gasteiger partial charge in [-0.1, -0.05) is 161 Å². The molecule has 2 heteroatoms. The lowest BCUT2D eigenvalue weighted by Crippen LogP contribution is -2.17. The van der Waals surface area contributed by atoms with E-state index in [0.29, 0.717) is 0 Å². The Labute approximate surface area is 394 Å². The molecular formula is C65H56N2. The van der Waals surface area contributed by atoms with Crippen LogP contribution in [0.3, 0.4) is 0 Å². The molecule has 13 rings (SSSR count). The Morgan fingerprint density at radius 3 is 2.07 bits per heavy atom. The molecule has 10 aromatic rings. The predicted octanol–water partition coefficient (Wildman–Crippen LogP) is 17.8. The first-order chi connectivity index (χ1) is 32.8. The Morgan fingerprint density at radius 2 is 1.24 bits per heavy atom. The monoisotopic (exact) mass is 864 g/mol. The SMILES string of the molecule is Cc1c2cc3c4cc(-c5cccc6ccccc56)ccc4n(-c4ccccc4)c3c1C(C)C(C)c1cc(c3c(c1)c1cc(-c4cccc5c4C=CCC5)ccc1n3C1C=CC=CC1)C(C)C2C. The lowest BCUT2D eigenvalue weighted by Gasteiger charge is -2.33. The third-order valence-electron chi connectivity index (χ3n) is 16.6. The molecule has 2 heterocycles. The fraction of sp³-hybridized carbons (Fsp3) is 0.200. The average molecular weight is 865 g/mol. The standard InChI is InChI=1S/C65H56N2/c1-39-42(4)63-43(5)55(38-60-58-35-47(54-29-17-21-45-19-13-15-27-52(45)54)31-33-62(58)67(65(60)63)50-24-10-7-11-25-50)40(2)41(3)56-36-48(39)37-59-57-34-46(53-28-16-20-44-18-12-14-26-51(44)53)30-32-61(57)66(64(56)59)49-22-8-6-9-23-49/h6-11,13-17,19-22,24-42,49H,12,18,23H2,1-5H3. The number of hydrogen-bond donors (Lipinski definition) is 0. The lowest BCUT2D eigenvalue weighted by atomic mass is 9.73. The summed E-state index contributed by atoms with van der Waals surface area (Å²) in [6.45, 7) is 12.5. The van der Waals surface area contributed by atoms with Gasteiger partial charge >= 0.3 is 0 Å². The summed E-state index contributed by atoms with van der Waals surface area (Å²) in [6.07, 6.45) is 17.1. The minimum Gasteiger partial charge on any atom is -0.333 e. The van der Waals surface area contributed by atoms with Crippen molar-refractivity contribution >= 4 is 60.5 Å². The van der Waals surface area contributed by atoms with Gasteiger partial charge in [0.2, 0.25) is 0 Å². The third kappa shape index (κ3) is 6.08. The van der Waals surface area contributed by atoms with Crippen molar-refractivity contribution in [2.45, 2.75) is 83.6 Å². The number of aromatic nitrogens is 2. The second-order valence-electron chi connectivity index (χ2n) is 20.0. The molecule has 0 radical (unpaired) electrons. The van der Waals surface area contributed by atoms with E-state index < -0.39 is 0 Å². The van der Waals surface area contributed by atoms with E-state index in [1.165, 1.54) is 121 Å². The van der Waals surface area contributed by atoms with Gasteiger partial charge in [0.05, 0.1) is 22.6 Å². The Hall–Kier alpha value is -7.16. The minimum atomic E-state index is 0.232. The van der Waals surface area contributed by atoms with Gasteiger partial charge in [0.15, 0.2) is 0 Å². The largest absolute Gasteiger partial charge is 0.333 e. The van der Waals surface area contributed by atoms with Crippen molar-refractivity contribution in [3.63, 3.8) is 0 Å². The van der Waals surface area contributed by atoms with Crippen LogP contribution in [0, 0.1) is 6.92 Å². The average Bonchev–Trinajstić information content (AvgIpc) is 3.89. The number of rotatable bonds is 4. The summed E-state index contributed by atoms with van der Waals surface area (Å²) in [5, 5.41) is 7.96. The van der Waals surface area contributed by atoms with Crippen LogP contribution in [0.25, 0.3) is 88.4 Å². The molecule has 0 aliphatic heterocycles. The highest BCUT2D eigenvalue weighted by Crippen LogP contribution is 2.51. The molecule has 5 unspecified atom stereocenters. The van der Waals surface area contributed by atoms with Crippen molar-refractivity contribution < 1.29 is 0 Å². The molecule has 0 N–H and O–H groups in total. The summed E-state index contributed by atoms with van der Waals surface area (Å²) >= 11 is 0. The Balaban J connectivity index is 1.08. The third-order valence-corrected chi connectivity index (χ3v) is 16.6. The number of fused-ring (bicyclic) bond motifs is 14. The van der Waals surface area contributed by atoms with Gasteiger partial charge in [0, 0.05) is 32.7 Å². The van der Waals surface area contributed by atoms with Gasteiger partial charge in [-0.2, -0.15) is 0 Å². The number of hydrogen-bond acceptors (Lipinski definition) is 0. The van der Waals surface area contributed by atoms with Crippen molar-refractivity contribution in [3.8, 4) is 27.9 Å². The molecule has 0 spiro atoms. The molecule has 326 valence electrons. The fourth-order valence-electron chi connectivity index (χ4n) is 12.8. The van der Waals surface area contributed by atoms with Crippen LogP contribution in [0.5, 0.6) is 0 Å². The van der Waals surface area contributed by atoms with Crippen LogP contribution in [0.15, 0.2) is 176 Å². The zero-order valence-electron chi connectivity index (χ0n) is 39.2. The molecule has 5 atom stereocenters. The van der Waals surface area contributed by atoms with Crippen molar-refractivity contribution in [2.24, 2.45) is 0 Å². The van der Waals surface area contributed by atoms with E-state index in [2.05, 4.69) is 226 Å². The first-order valence-corrected chi connectivity index (χ1v) is 24.7. The first kappa shape index (κ1) is 40.1.